The van der Waals surface area contributed by atoms with Gasteiger partial charge >= 0.3 is 0 Å². The van der Waals surface area contributed by atoms with Crippen LogP contribution >= 0.6 is 0 Å². The minimum absolute atomic E-state index is 0.0417. The molecule has 0 aromatic heterocycles. The summed E-state index contributed by atoms with van der Waals surface area (Å²) >= 11 is 0. The Morgan fingerprint density at radius 1 is 1.33 bits per heavy atom. The van der Waals surface area contributed by atoms with Crippen molar-refractivity contribution >= 4 is 5.91 Å². The second kappa shape index (κ2) is 7.05. The lowest BCUT2D eigenvalue weighted by Gasteiger charge is -2.43. The highest BCUT2D eigenvalue weighted by molar-refractivity contribution is 5.78. The summed E-state index contributed by atoms with van der Waals surface area (Å²) in [6, 6.07) is 10.2. The number of hydrogen-bond acceptors (Lipinski definition) is 3. The van der Waals surface area contributed by atoms with E-state index in [1.165, 1.54) is 5.56 Å². The number of nitrogens with one attached hydrogen (secondary N) is 1. The van der Waals surface area contributed by atoms with E-state index in [-0.39, 0.29) is 11.4 Å². The van der Waals surface area contributed by atoms with Gasteiger partial charge in [-0.15, -0.1) is 0 Å². The predicted octanol–water partition coefficient (Wildman–Crippen LogP) is 1.72. The lowest BCUT2D eigenvalue weighted by molar-refractivity contribution is -0.134. The lowest BCUT2D eigenvalue weighted by Crippen LogP contribution is -2.60. The van der Waals surface area contributed by atoms with Gasteiger partial charge in [0.1, 0.15) is 0 Å². The third-order valence-corrected chi connectivity index (χ3v) is 4.25. The van der Waals surface area contributed by atoms with Crippen molar-refractivity contribution in [3.8, 4) is 0 Å². The number of nitrogens with zero attached hydrogens (tertiary/aromatic N) is 2. The highest BCUT2D eigenvalue weighted by atomic mass is 16.2. The monoisotopic (exact) mass is 289 g/mol. The van der Waals surface area contributed by atoms with E-state index in [0.29, 0.717) is 13.1 Å². The third kappa shape index (κ3) is 4.29. The van der Waals surface area contributed by atoms with E-state index in [1.807, 2.05) is 30.0 Å². The Balaban J connectivity index is 1.97. The van der Waals surface area contributed by atoms with E-state index in [0.717, 1.165) is 26.2 Å². The molecule has 4 nitrogen and oxygen atoms in total. The van der Waals surface area contributed by atoms with Gasteiger partial charge in [0.05, 0.1) is 6.54 Å². The first-order valence-corrected chi connectivity index (χ1v) is 7.80. The summed E-state index contributed by atoms with van der Waals surface area (Å²) in [5.74, 6) is 0.219. The van der Waals surface area contributed by atoms with E-state index >= 15 is 0 Å². The smallest absolute Gasteiger partial charge is 0.237 e. The van der Waals surface area contributed by atoms with Gasteiger partial charge in [0, 0.05) is 38.3 Å². The molecule has 0 aliphatic carbocycles. The van der Waals surface area contributed by atoms with E-state index in [2.05, 4.69) is 36.2 Å². The Labute approximate surface area is 128 Å². The molecule has 0 radical (unpaired) electrons. The zero-order chi connectivity index (χ0) is 15.3. The number of benzene rings is 1. The van der Waals surface area contributed by atoms with Crippen molar-refractivity contribution in [1.82, 2.24) is 15.1 Å². The first-order valence-electron chi connectivity index (χ1n) is 7.80. The molecule has 21 heavy (non-hydrogen) atoms. The second-order valence-corrected chi connectivity index (χ2v) is 6.30. The number of likely N-dealkylation sites (N-methyl/N-ethyl adjacent to an activating group) is 1. The van der Waals surface area contributed by atoms with E-state index < -0.39 is 0 Å². The highest BCUT2D eigenvalue weighted by Crippen LogP contribution is 2.16. The van der Waals surface area contributed by atoms with Crippen molar-refractivity contribution in [3.05, 3.63) is 35.9 Å². The van der Waals surface area contributed by atoms with Crippen molar-refractivity contribution < 1.29 is 4.79 Å². The quantitative estimate of drug-likeness (QED) is 0.896. The van der Waals surface area contributed by atoms with Crippen LogP contribution in [0.3, 0.4) is 0 Å². The topological polar surface area (TPSA) is 35.6 Å². The largest absolute Gasteiger partial charge is 0.338 e. The van der Waals surface area contributed by atoms with E-state index in [9.17, 15) is 4.79 Å². The predicted molar refractivity (Wildman–Crippen MR) is 86.1 cm³/mol. The van der Waals surface area contributed by atoms with Crippen LogP contribution in [0.25, 0.3) is 0 Å². The van der Waals surface area contributed by atoms with Gasteiger partial charge in [-0.25, -0.2) is 0 Å². The fraction of sp³-hybridized carbons (Fsp3) is 0.588. The van der Waals surface area contributed by atoms with Crippen molar-refractivity contribution in [3.63, 3.8) is 0 Å². The number of carbonyl (C=O) groups excluding carboxylic acids is 1. The summed E-state index contributed by atoms with van der Waals surface area (Å²) < 4.78 is 0. The van der Waals surface area contributed by atoms with Gasteiger partial charge in [0.25, 0.3) is 0 Å². The molecule has 1 saturated heterocycles. The highest BCUT2D eigenvalue weighted by Gasteiger charge is 2.31. The number of piperazine rings is 1. The molecule has 1 aliphatic rings. The summed E-state index contributed by atoms with van der Waals surface area (Å²) in [5.41, 5.74) is 1.23. The third-order valence-electron chi connectivity index (χ3n) is 4.25. The van der Waals surface area contributed by atoms with Gasteiger partial charge in [-0.1, -0.05) is 30.3 Å². The number of rotatable bonds is 5. The van der Waals surface area contributed by atoms with Crippen LogP contribution in [0.2, 0.25) is 0 Å². The normalized spacial score (nSPS) is 18.4. The van der Waals surface area contributed by atoms with Gasteiger partial charge in [0.15, 0.2) is 0 Å². The Hall–Kier alpha value is -1.39. The average molecular weight is 289 g/mol. The molecule has 1 aromatic rings. The molecule has 1 amide bonds. The van der Waals surface area contributed by atoms with Crippen molar-refractivity contribution in [2.24, 2.45) is 0 Å². The molecule has 1 fully saturated rings. The number of carbonyl (C=O) groups is 1. The first kappa shape index (κ1) is 16.0. The molecular weight excluding hydrogens is 262 g/mol. The molecule has 0 bridgehead atoms. The summed E-state index contributed by atoms with van der Waals surface area (Å²) in [6.07, 6.45) is 0. The summed E-state index contributed by atoms with van der Waals surface area (Å²) in [6.45, 7) is 11.2. The van der Waals surface area contributed by atoms with Gasteiger partial charge in [-0.3, -0.25) is 9.69 Å². The van der Waals surface area contributed by atoms with Gasteiger partial charge < -0.3 is 10.2 Å². The molecular formula is C17H27N3O. The van der Waals surface area contributed by atoms with Crippen LogP contribution in [-0.2, 0) is 11.3 Å². The minimum Gasteiger partial charge on any atom is -0.338 e. The van der Waals surface area contributed by atoms with Crippen molar-refractivity contribution in [2.45, 2.75) is 32.9 Å². The molecule has 116 valence electrons. The number of amides is 1. The maximum Gasteiger partial charge on any atom is 0.237 e. The molecule has 1 aliphatic heterocycles. The lowest BCUT2D eigenvalue weighted by atomic mass is 10.0. The van der Waals surface area contributed by atoms with Crippen molar-refractivity contribution in [1.29, 1.82) is 0 Å². The first-order chi connectivity index (χ1) is 10.0. The van der Waals surface area contributed by atoms with E-state index in [4.69, 9.17) is 0 Å². The second-order valence-electron chi connectivity index (χ2n) is 6.30. The molecule has 1 aromatic carbocycles. The van der Waals surface area contributed by atoms with Crippen LogP contribution in [0.1, 0.15) is 26.3 Å². The van der Waals surface area contributed by atoms with Crippen LogP contribution in [0.5, 0.6) is 0 Å². The zero-order valence-electron chi connectivity index (χ0n) is 13.4. The van der Waals surface area contributed by atoms with Crippen LogP contribution < -0.4 is 5.32 Å². The van der Waals surface area contributed by atoms with Crippen LogP contribution in [0, 0.1) is 0 Å². The van der Waals surface area contributed by atoms with Gasteiger partial charge in [-0.05, 0) is 26.3 Å². The summed E-state index contributed by atoms with van der Waals surface area (Å²) in [5, 5.41) is 3.39. The standard InChI is InChI=1S/C17H27N3O/c1-4-19(12-15-8-6-5-7-9-15)16(21)13-20-11-10-18-14-17(20,2)3/h5-9,18H,4,10-14H2,1-3H3. The summed E-state index contributed by atoms with van der Waals surface area (Å²) in [7, 11) is 0. The molecule has 1 N–H and O–H groups in total. The van der Waals surface area contributed by atoms with Gasteiger partial charge in [-0.2, -0.15) is 0 Å². The maximum atomic E-state index is 12.6. The molecule has 0 saturated carbocycles. The van der Waals surface area contributed by atoms with Crippen molar-refractivity contribution in [2.75, 3.05) is 32.7 Å². The number of hydrogen-bond donors (Lipinski definition) is 1. The molecule has 2 rings (SSSR count). The van der Waals surface area contributed by atoms with E-state index in [1.54, 1.807) is 0 Å². The fourth-order valence-electron chi connectivity index (χ4n) is 2.76. The molecule has 0 spiro atoms. The Bertz CT molecular complexity index is 458. The molecule has 4 heteroatoms. The van der Waals surface area contributed by atoms with Crippen LogP contribution in [-0.4, -0.2) is 54.0 Å². The molecule has 0 atom stereocenters. The van der Waals surface area contributed by atoms with Crippen LogP contribution in [0.15, 0.2) is 30.3 Å². The average Bonchev–Trinajstić information content (AvgIpc) is 2.48. The fourth-order valence-corrected chi connectivity index (χ4v) is 2.76. The zero-order valence-corrected chi connectivity index (χ0v) is 13.4. The molecule has 0 unspecified atom stereocenters. The van der Waals surface area contributed by atoms with Gasteiger partial charge in [0.2, 0.25) is 5.91 Å². The minimum atomic E-state index is 0.0417. The maximum absolute atomic E-state index is 12.6. The summed E-state index contributed by atoms with van der Waals surface area (Å²) in [4.78, 5) is 16.8. The Morgan fingerprint density at radius 3 is 2.67 bits per heavy atom. The molecule has 1 heterocycles. The Kier molecular flexibility index (Phi) is 5.37. The Morgan fingerprint density at radius 2 is 2.05 bits per heavy atom. The van der Waals surface area contributed by atoms with Crippen LogP contribution in [0.4, 0.5) is 0 Å². The SMILES string of the molecule is CCN(Cc1ccccc1)C(=O)CN1CCNCC1(C)C.